The van der Waals surface area contributed by atoms with E-state index < -0.39 is 0 Å². The van der Waals surface area contributed by atoms with Crippen molar-refractivity contribution in [3.05, 3.63) is 75.4 Å². The summed E-state index contributed by atoms with van der Waals surface area (Å²) in [6.45, 7) is 18.0. The summed E-state index contributed by atoms with van der Waals surface area (Å²) >= 11 is 5.53. The highest BCUT2D eigenvalue weighted by molar-refractivity contribution is 6.17. The van der Waals surface area contributed by atoms with Crippen molar-refractivity contribution >= 4 is 11.6 Å². The quantitative estimate of drug-likeness (QED) is 0.532. The summed E-state index contributed by atoms with van der Waals surface area (Å²) in [6, 6.07) is 9.96. The minimum absolute atomic E-state index is 0. The number of alkyl halides is 1. The van der Waals surface area contributed by atoms with Gasteiger partial charge in [-0.05, 0) is 5.56 Å². The molecule has 1 rings (SSSR count). The van der Waals surface area contributed by atoms with Gasteiger partial charge in [-0.25, -0.2) is 0 Å². The summed E-state index contributed by atoms with van der Waals surface area (Å²) in [6.07, 6.45) is 0. The molecule has 1 aromatic rings. The van der Waals surface area contributed by atoms with Crippen LogP contribution < -0.4 is 6.15 Å². The molecule has 0 saturated carbocycles. The van der Waals surface area contributed by atoms with Crippen molar-refractivity contribution in [1.29, 1.82) is 0 Å². The first kappa shape index (κ1) is 23.5. The lowest BCUT2D eigenvalue weighted by Gasteiger charge is -1.88. The Balaban J connectivity index is -0.0000000755. The number of hydrogen-bond acceptors (Lipinski definition) is 1. The molecule has 86 valence electrons. The van der Waals surface area contributed by atoms with Gasteiger partial charge < -0.3 is 6.15 Å². The Labute approximate surface area is 99.4 Å². The average molecular weight is 228 g/mol. The molecular weight excluding hydrogens is 206 g/mol. The summed E-state index contributed by atoms with van der Waals surface area (Å²) in [5, 5.41) is 0. The van der Waals surface area contributed by atoms with Crippen molar-refractivity contribution in [2.24, 2.45) is 0 Å². The summed E-state index contributed by atoms with van der Waals surface area (Å²) in [5.74, 6) is 0.612. The van der Waals surface area contributed by atoms with Crippen molar-refractivity contribution < 1.29 is 0 Å². The van der Waals surface area contributed by atoms with E-state index in [9.17, 15) is 0 Å². The van der Waals surface area contributed by atoms with Crippen LogP contribution in [0, 0.1) is 0 Å². The molecular formula is C13H22ClN. The topological polar surface area (TPSA) is 35.0 Å². The standard InChI is InChI=1S/C7H7Cl.3C2H4.H3N/c8-6-7-4-2-1-3-5-7;3*1-2;/h1-5H,6H2;3*1-2H2;1H3. The Morgan fingerprint density at radius 1 is 0.800 bits per heavy atom. The predicted molar refractivity (Wildman–Crippen MR) is 74.8 cm³/mol. The van der Waals surface area contributed by atoms with E-state index in [1.54, 1.807) is 0 Å². The Morgan fingerprint density at radius 3 is 1.33 bits per heavy atom. The summed E-state index contributed by atoms with van der Waals surface area (Å²) in [5.41, 5.74) is 1.18. The molecule has 2 heteroatoms. The molecule has 0 spiro atoms. The molecule has 0 aliphatic heterocycles. The van der Waals surface area contributed by atoms with E-state index >= 15 is 0 Å². The maximum Gasteiger partial charge on any atom is 0.0474 e. The van der Waals surface area contributed by atoms with Gasteiger partial charge >= 0.3 is 0 Å². The molecule has 0 radical (unpaired) electrons. The Morgan fingerprint density at radius 2 is 1.13 bits per heavy atom. The lowest BCUT2D eigenvalue weighted by Crippen LogP contribution is -1.71. The summed E-state index contributed by atoms with van der Waals surface area (Å²) < 4.78 is 0. The Bertz CT molecular complexity index is 182. The molecule has 0 unspecified atom stereocenters. The van der Waals surface area contributed by atoms with E-state index in [0.717, 1.165) is 0 Å². The molecule has 15 heavy (non-hydrogen) atoms. The minimum Gasteiger partial charge on any atom is -0.344 e. The van der Waals surface area contributed by atoms with Gasteiger partial charge in [0.05, 0.1) is 0 Å². The first-order valence-corrected chi connectivity index (χ1v) is 4.57. The van der Waals surface area contributed by atoms with Crippen LogP contribution in [0.5, 0.6) is 0 Å². The lowest BCUT2D eigenvalue weighted by molar-refractivity contribution is 1.41. The van der Waals surface area contributed by atoms with Gasteiger partial charge in [-0.15, -0.1) is 51.1 Å². The SMILES string of the molecule is C=C.C=C.C=C.ClCc1ccccc1.N. The smallest absolute Gasteiger partial charge is 0.0474 e. The fraction of sp³-hybridized carbons (Fsp3) is 0.0769. The molecule has 1 aromatic carbocycles. The van der Waals surface area contributed by atoms with Gasteiger partial charge in [-0.2, -0.15) is 0 Å². The summed E-state index contributed by atoms with van der Waals surface area (Å²) in [4.78, 5) is 0. The third-order valence-electron chi connectivity index (χ3n) is 0.997. The van der Waals surface area contributed by atoms with Crippen LogP contribution in [0.1, 0.15) is 5.56 Å². The highest BCUT2D eigenvalue weighted by atomic mass is 35.5. The van der Waals surface area contributed by atoms with E-state index in [2.05, 4.69) is 39.5 Å². The second-order valence-electron chi connectivity index (χ2n) is 1.62. The van der Waals surface area contributed by atoms with Crippen molar-refractivity contribution in [3.63, 3.8) is 0 Å². The van der Waals surface area contributed by atoms with Crippen LogP contribution in [0.2, 0.25) is 0 Å². The van der Waals surface area contributed by atoms with Crippen molar-refractivity contribution in [1.82, 2.24) is 6.15 Å². The molecule has 1 nitrogen and oxygen atoms in total. The van der Waals surface area contributed by atoms with Gasteiger partial charge in [0.25, 0.3) is 0 Å². The van der Waals surface area contributed by atoms with Gasteiger partial charge in [0.15, 0.2) is 0 Å². The largest absolute Gasteiger partial charge is 0.344 e. The maximum atomic E-state index is 5.53. The first-order chi connectivity index (χ1) is 6.93. The van der Waals surface area contributed by atoms with E-state index in [-0.39, 0.29) is 6.15 Å². The molecule has 0 aliphatic carbocycles. The van der Waals surface area contributed by atoms with Crippen LogP contribution in [0.3, 0.4) is 0 Å². The molecule has 3 N–H and O–H groups in total. The molecule has 0 aliphatic rings. The van der Waals surface area contributed by atoms with Crippen molar-refractivity contribution in [3.8, 4) is 0 Å². The molecule has 0 fully saturated rings. The predicted octanol–water partition coefficient (Wildman–Crippen LogP) is 4.99. The lowest BCUT2D eigenvalue weighted by atomic mass is 10.2. The normalized spacial score (nSPS) is 5.67. The fourth-order valence-corrected chi connectivity index (χ4v) is 0.745. The third-order valence-corrected chi connectivity index (χ3v) is 1.31. The first-order valence-electron chi connectivity index (χ1n) is 4.03. The number of rotatable bonds is 1. The molecule has 0 atom stereocenters. The fourth-order valence-electron chi connectivity index (χ4n) is 0.567. The highest BCUT2D eigenvalue weighted by Gasteiger charge is 1.81. The van der Waals surface area contributed by atoms with Crippen LogP contribution >= 0.6 is 11.6 Å². The minimum atomic E-state index is 0. The van der Waals surface area contributed by atoms with Gasteiger partial charge in [0.1, 0.15) is 0 Å². The molecule has 0 amide bonds. The second kappa shape index (κ2) is 29.3. The van der Waals surface area contributed by atoms with Crippen LogP contribution in [0.15, 0.2) is 69.8 Å². The van der Waals surface area contributed by atoms with E-state index in [1.807, 2.05) is 30.3 Å². The molecule has 0 bridgehead atoms. The molecule has 0 heterocycles. The van der Waals surface area contributed by atoms with Crippen LogP contribution in [0.25, 0.3) is 0 Å². The molecule has 0 saturated heterocycles. The zero-order valence-electron chi connectivity index (χ0n) is 9.42. The van der Waals surface area contributed by atoms with Gasteiger partial charge in [-0.1, -0.05) is 30.3 Å². The summed E-state index contributed by atoms with van der Waals surface area (Å²) in [7, 11) is 0. The second-order valence-corrected chi connectivity index (χ2v) is 1.89. The third kappa shape index (κ3) is 19.2. The average Bonchev–Trinajstić information content (AvgIpc) is 2.37. The van der Waals surface area contributed by atoms with Crippen LogP contribution in [0.4, 0.5) is 0 Å². The van der Waals surface area contributed by atoms with E-state index in [4.69, 9.17) is 11.6 Å². The van der Waals surface area contributed by atoms with Gasteiger partial charge in [0.2, 0.25) is 0 Å². The van der Waals surface area contributed by atoms with Crippen molar-refractivity contribution in [2.75, 3.05) is 0 Å². The van der Waals surface area contributed by atoms with Crippen LogP contribution in [-0.4, -0.2) is 0 Å². The zero-order valence-corrected chi connectivity index (χ0v) is 10.2. The van der Waals surface area contributed by atoms with Crippen LogP contribution in [-0.2, 0) is 5.88 Å². The van der Waals surface area contributed by atoms with E-state index in [0.29, 0.717) is 5.88 Å². The number of benzene rings is 1. The maximum absolute atomic E-state index is 5.53. The van der Waals surface area contributed by atoms with Gasteiger partial charge in [0, 0.05) is 5.88 Å². The number of hydrogen-bond donors (Lipinski definition) is 1. The zero-order chi connectivity index (χ0) is 11.8. The van der Waals surface area contributed by atoms with Crippen molar-refractivity contribution in [2.45, 2.75) is 5.88 Å². The van der Waals surface area contributed by atoms with E-state index in [1.165, 1.54) is 5.56 Å². The van der Waals surface area contributed by atoms with Gasteiger partial charge in [-0.3, -0.25) is 0 Å². The Kier molecular flexibility index (Phi) is 45.9. The Hall–Kier alpha value is -1.31. The molecule has 0 aromatic heterocycles. The number of halogens is 1. The monoisotopic (exact) mass is 227 g/mol. The highest BCUT2D eigenvalue weighted by Crippen LogP contribution is 2.00.